The molecule has 2 atom stereocenters. The smallest absolute Gasteiger partial charge is 0.166 e. The lowest BCUT2D eigenvalue weighted by Gasteiger charge is -2.34. The zero-order valence-electron chi connectivity index (χ0n) is 11.2. The summed E-state index contributed by atoms with van der Waals surface area (Å²) >= 11 is 0. The Hall–Kier alpha value is -0.860. The summed E-state index contributed by atoms with van der Waals surface area (Å²) in [4.78, 5) is 0. The van der Waals surface area contributed by atoms with Gasteiger partial charge in [0.2, 0.25) is 0 Å². The van der Waals surface area contributed by atoms with Gasteiger partial charge in [0.25, 0.3) is 0 Å². The van der Waals surface area contributed by atoms with E-state index in [1.54, 1.807) is 0 Å². The van der Waals surface area contributed by atoms with E-state index in [0.717, 1.165) is 6.42 Å². The average Bonchev–Trinajstić information content (AvgIpc) is 2.58. The van der Waals surface area contributed by atoms with E-state index < -0.39 is 5.79 Å². The Kier molecular flexibility index (Phi) is 3.28. The van der Waals surface area contributed by atoms with Crippen molar-refractivity contribution in [3.05, 3.63) is 35.9 Å². The van der Waals surface area contributed by atoms with Crippen LogP contribution < -0.4 is 0 Å². The Morgan fingerprint density at radius 1 is 1.29 bits per heavy atom. The normalized spacial score (nSPS) is 29.5. The van der Waals surface area contributed by atoms with Gasteiger partial charge in [0, 0.05) is 6.42 Å². The van der Waals surface area contributed by atoms with E-state index in [1.165, 1.54) is 5.56 Å². The fraction of sp³-hybridized carbons (Fsp3) is 0.600. The molecule has 2 nitrogen and oxygen atoms in total. The van der Waals surface area contributed by atoms with Gasteiger partial charge >= 0.3 is 0 Å². The lowest BCUT2D eigenvalue weighted by Crippen LogP contribution is -2.35. The van der Waals surface area contributed by atoms with Gasteiger partial charge in [0.1, 0.15) is 0 Å². The van der Waals surface area contributed by atoms with E-state index in [2.05, 4.69) is 45.0 Å². The second-order valence-electron chi connectivity index (χ2n) is 5.80. The van der Waals surface area contributed by atoms with Gasteiger partial charge in [-0.15, -0.1) is 0 Å². The summed E-state index contributed by atoms with van der Waals surface area (Å²) < 4.78 is 11.7. The maximum atomic E-state index is 5.88. The Bertz CT molecular complexity index is 372. The van der Waals surface area contributed by atoms with Gasteiger partial charge in [0.15, 0.2) is 5.79 Å². The van der Waals surface area contributed by atoms with Crippen LogP contribution in [0.2, 0.25) is 0 Å². The molecule has 2 rings (SSSR count). The summed E-state index contributed by atoms with van der Waals surface area (Å²) in [6.45, 7) is 9.27. The predicted octanol–water partition coefficient (Wildman–Crippen LogP) is 3.51. The summed E-state index contributed by atoms with van der Waals surface area (Å²) in [6.07, 6.45) is 1.07. The van der Waals surface area contributed by atoms with Gasteiger partial charge in [-0.3, -0.25) is 0 Å². The van der Waals surface area contributed by atoms with E-state index in [0.29, 0.717) is 6.61 Å². The van der Waals surface area contributed by atoms with Crippen LogP contribution in [-0.2, 0) is 14.9 Å². The van der Waals surface area contributed by atoms with Crippen molar-refractivity contribution < 1.29 is 9.47 Å². The van der Waals surface area contributed by atoms with Crippen molar-refractivity contribution in [2.45, 2.75) is 51.4 Å². The number of rotatable bonds is 3. The minimum absolute atomic E-state index is 0.0556. The molecule has 0 aliphatic carbocycles. The minimum atomic E-state index is -0.446. The molecule has 1 fully saturated rings. The topological polar surface area (TPSA) is 18.5 Å². The van der Waals surface area contributed by atoms with Crippen LogP contribution in [0, 0.1) is 0 Å². The molecular formula is C15H22O2. The van der Waals surface area contributed by atoms with Crippen molar-refractivity contribution in [1.82, 2.24) is 0 Å². The lowest BCUT2D eigenvalue weighted by atomic mass is 9.79. The Labute approximate surface area is 104 Å². The Morgan fingerprint density at radius 3 is 2.47 bits per heavy atom. The van der Waals surface area contributed by atoms with Crippen LogP contribution in [0.4, 0.5) is 0 Å². The lowest BCUT2D eigenvalue weighted by molar-refractivity contribution is -0.165. The molecule has 2 heteroatoms. The molecule has 0 radical (unpaired) electrons. The van der Waals surface area contributed by atoms with Crippen LogP contribution in [0.5, 0.6) is 0 Å². The SMILES string of the molecule is CC1COC(C)(CC(C)(C)c2ccccc2)O1. The van der Waals surface area contributed by atoms with Gasteiger partial charge in [-0.05, 0) is 24.8 Å². The first-order chi connectivity index (χ1) is 7.91. The van der Waals surface area contributed by atoms with Crippen molar-refractivity contribution in [2.24, 2.45) is 0 Å². The van der Waals surface area contributed by atoms with E-state index >= 15 is 0 Å². The van der Waals surface area contributed by atoms with Crippen LogP contribution in [0.1, 0.15) is 39.7 Å². The van der Waals surface area contributed by atoms with E-state index in [4.69, 9.17) is 9.47 Å². The molecule has 0 aromatic heterocycles. The van der Waals surface area contributed by atoms with Gasteiger partial charge in [-0.2, -0.15) is 0 Å². The highest BCUT2D eigenvalue weighted by molar-refractivity contribution is 5.23. The molecule has 1 saturated heterocycles. The summed E-state index contributed by atoms with van der Waals surface area (Å²) in [5.41, 5.74) is 1.38. The minimum Gasteiger partial charge on any atom is -0.347 e. The molecule has 1 aromatic rings. The Balaban J connectivity index is 2.12. The van der Waals surface area contributed by atoms with E-state index in [9.17, 15) is 0 Å². The van der Waals surface area contributed by atoms with Gasteiger partial charge in [0.05, 0.1) is 12.7 Å². The summed E-state index contributed by atoms with van der Waals surface area (Å²) in [7, 11) is 0. The monoisotopic (exact) mass is 234 g/mol. The van der Waals surface area contributed by atoms with Gasteiger partial charge < -0.3 is 9.47 Å². The molecule has 2 unspecified atom stereocenters. The molecular weight excluding hydrogens is 212 g/mol. The molecule has 94 valence electrons. The molecule has 1 aliphatic heterocycles. The number of ether oxygens (including phenoxy) is 2. The maximum Gasteiger partial charge on any atom is 0.166 e. The van der Waals surface area contributed by atoms with Crippen molar-refractivity contribution in [1.29, 1.82) is 0 Å². The first kappa shape index (κ1) is 12.6. The largest absolute Gasteiger partial charge is 0.347 e. The summed E-state index contributed by atoms with van der Waals surface area (Å²) in [5.74, 6) is -0.446. The zero-order valence-corrected chi connectivity index (χ0v) is 11.2. The second-order valence-corrected chi connectivity index (χ2v) is 5.80. The molecule has 0 N–H and O–H groups in total. The van der Waals surface area contributed by atoms with E-state index in [1.807, 2.05) is 13.0 Å². The third-order valence-corrected chi connectivity index (χ3v) is 3.39. The van der Waals surface area contributed by atoms with Crippen LogP contribution in [0.15, 0.2) is 30.3 Å². The van der Waals surface area contributed by atoms with Gasteiger partial charge in [-0.25, -0.2) is 0 Å². The molecule has 0 spiro atoms. The van der Waals surface area contributed by atoms with Crippen LogP contribution in [0.3, 0.4) is 0 Å². The maximum absolute atomic E-state index is 5.88. The highest BCUT2D eigenvalue weighted by atomic mass is 16.7. The summed E-state index contributed by atoms with van der Waals surface area (Å²) in [6, 6.07) is 10.5. The van der Waals surface area contributed by atoms with Crippen molar-refractivity contribution in [3.8, 4) is 0 Å². The summed E-state index contributed by atoms with van der Waals surface area (Å²) in [5, 5.41) is 0. The highest BCUT2D eigenvalue weighted by Crippen LogP contribution is 2.37. The third kappa shape index (κ3) is 2.88. The molecule has 17 heavy (non-hydrogen) atoms. The van der Waals surface area contributed by atoms with Crippen molar-refractivity contribution >= 4 is 0 Å². The fourth-order valence-corrected chi connectivity index (χ4v) is 2.67. The molecule has 0 bridgehead atoms. The van der Waals surface area contributed by atoms with Crippen LogP contribution in [-0.4, -0.2) is 18.5 Å². The molecule has 1 aromatic carbocycles. The van der Waals surface area contributed by atoms with Gasteiger partial charge in [-0.1, -0.05) is 44.2 Å². The predicted molar refractivity (Wildman–Crippen MR) is 69.0 cm³/mol. The molecule has 0 saturated carbocycles. The number of benzene rings is 1. The second kappa shape index (κ2) is 4.43. The molecule has 1 heterocycles. The molecule has 0 amide bonds. The van der Waals surface area contributed by atoms with E-state index in [-0.39, 0.29) is 11.5 Å². The highest BCUT2D eigenvalue weighted by Gasteiger charge is 2.40. The van der Waals surface area contributed by atoms with Crippen LogP contribution in [0.25, 0.3) is 0 Å². The third-order valence-electron chi connectivity index (χ3n) is 3.39. The zero-order chi connectivity index (χ0) is 12.5. The standard InChI is InChI=1S/C15H22O2/c1-12-10-16-15(4,17-12)11-14(2,3)13-8-6-5-7-9-13/h5-9,12H,10-11H2,1-4H3. The Morgan fingerprint density at radius 2 is 1.94 bits per heavy atom. The number of hydrogen-bond donors (Lipinski definition) is 0. The first-order valence-electron chi connectivity index (χ1n) is 6.29. The molecule has 1 aliphatic rings. The first-order valence-corrected chi connectivity index (χ1v) is 6.29. The average molecular weight is 234 g/mol. The van der Waals surface area contributed by atoms with Crippen molar-refractivity contribution in [3.63, 3.8) is 0 Å². The fourth-order valence-electron chi connectivity index (χ4n) is 2.67. The quantitative estimate of drug-likeness (QED) is 0.797. The van der Waals surface area contributed by atoms with Crippen LogP contribution >= 0.6 is 0 Å². The number of hydrogen-bond acceptors (Lipinski definition) is 2. The van der Waals surface area contributed by atoms with Crippen molar-refractivity contribution in [2.75, 3.05) is 6.61 Å².